The largest absolute Gasteiger partial charge is 0.481 e. The van der Waals surface area contributed by atoms with E-state index in [9.17, 15) is 9.59 Å². The summed E-state index contributed by atoms with van der Waals surface area (Å²) in [6.07, 6.45) is 1.29. The van der Waals surface area contributed by atoms with Gasteiger partial charge < -0.3 is 34.1 Å². The van der Waals surface area contributed by atoms with E-state index in [0.29, 0.717) is 59.4 Å². The van der Waals surface area contributed by atoms with Crippen molar-refractivity contribution in [3.63, 3.8) is 0 Å². The van der Waals surface area contributed by atoms with Crippen molar-refractivity contribution in [3.05, 3.63) is 0 Å². The first-order valence-electron chi connectivity index (χ1n) is 10.2. The first-order chi connectivity index (χ1) is 13.8. The molecule has 0 atom stereocenters. The Morgan fingerprint density at radius 1 is 0.690 bits per heavy atom. The average Bonchev–Trinajstić information content (AvgIpc) is 2.63. The van der Waals surface area contributed by atoms with Gasteiger partial charge in [-0.15, -0.1) is 0 Å². The second-order valence-electron chi connectivity index (χ2n) is 7.62. The monoisotopic (exact) mass is 421 g/mol. The molecule has 0 aliphatic rings. The van der Waals surface area contributed by atoms with Crippen LogP contribution >= 0.6 is 0 Å². The van der Waals surface area contributed by atoms with Crippen molar-refractivity contribution in [2.75, 3.05) is 72.6 Å². The van der Waals surface area contributed by atoms with Crippen LogP contribution in [0.15, 0.2) is 0 Å². The summed E-state index contributed by atoms with van der Waals surface area (Å²) >= 11 is 0. The molecular weight excluding hydrogens is 382 g/mol. The quantitative estimate of drug-likeness (QED) is 0.284. The van der Waals surface area contributed by atoms with Gasteiger partial charge in [0.25, 0.3) is 0 Å². The van der Waals surface area contributed by atoms with Crippen LogP contribution in [-0.2, 0) is 33.3 Å². The van der Waals surface area contributed by atoms with Crippen molar-refractivity contribution in [3.8, 4) is 0 Å². The zero-order valence-electron chi connectivity index (χ0n) is 18.2. The van der Waals surface area contributed by atoms with Gasteiger partial charge >= 0.3 is 5.97 Å². The van der Waals surface area contributed by atoms with E-state index in [0.717, 1.165) is 13.0 Å². The van der Waals surface area contributed by atoms with Gasteiger partial charge in [0.1, 0.15) is 0 Å². The molecule has 2 N–H and O–H groups in total. The van der Waals surface area contributed by atoms with Gasteiger partial charge in [0.2, 0.25) is 5.91 Å². The molecule has 172 valence electrons. The molecule has 1 amide bonds. The average molecular weight is 422 g/mol. The number of amides is 1. The molecule has 0 fully saturated rings. The fourth-order valence-electron chi connectivity index (χ4n) is 1.92. The summed E-state index contributed by atoms with van der Waals surface area (Å²) in [6.45, 7) is 11.3. The molecule has 0 aromatic rings. The Morgan fingerprint density at radius 2 is 1.14 bits per heavy atom. The Bertz CT molecular complexity index is 412. The molecule has 0 unspecified atom stereocenters. The van der Waals surface area contributed by atoms with Crippen molar-refractivity contribution >= 4 is 11.9 Å². The number of carboxylic acid groups (broad SMARTS) is 1. The summed E-state index contributed by atoms with van der Waals surface area (Å²) in [7, 11) is 0. The summed E-state index contributed by atoms with van der Waals surface area (Å²) in [4.78, 5) is 21.9. The van der Waals surface area contributed by atoms with Crippen molar-refractivity contribution in [1.82, 2.24) is 5.32 Å². The number of carbonyl (C=O) groups excluding carboxylic acids is 1. The Labute approximate surface area is 174 Å². The van der Waals surface area contributed by atoms with Gasteiger partial charge in [0.05, 0.1) is 65.9 Å². The minimum Gasteiger partial charge on any atom is -0.481 e. The molecule has 0 saturated heterocycles. The number of carbonyl (C=O) groups is 2. The second-order valence-corrected chi connectivity index (χ2v) is 7.62. The Morgan fingerprint density at radius 3 is 1.66 bits per heavy atom. The van der Waals surface area contributed by atoms with E-state index in [2.05, 4.69) is 26.1 Å². The molecule has 0 rings (SSSR count). The van der Waals surface area contributed by atoms with Gasteiger partial charge in [-0.25, -0.2) is 0 Å². The smallest absolute Gasteiger partial charge is 0.305 e. The minimum atomic E-state index is -0.882. The molecule has 0 aliphatic heterocycles. The van der Waals surface area contributed by atoms with Crippen molar-refractivity contribution < 1.29 is 38.4 Å². The van der Waals surface area contributed by atoms with Crippen molar-refractivity contribution in [2.45, 2.75) is 40.0 Å². The van der Waals surface area contributed by atoms with Crippen LogP contribution in [0.2, 0.25) is 0 Å². The van der Waals surface area contributed by atoms with E-state index in [1.807, 2.05) is 0 Å². The van der Waals surface area contributed by atoms with Crippen LogP contribution in [0.3, 0.4) is 0 Å². The molecule has 0 radical (unpaired) electrons. The Balaban J connectivity index is 3.22. The van der Waals surface area contributed by atoms with Crippen LogP contribution in [0.25, 0.3) is 0 Å². The fourth-order valence-corrected chi connectivity index (χ4v) is 1.92. The molecular formula is C20H39NO8. The Kier molecular flexibility index (Phi) is 17.9. The summed E-state index contributed by atoms with van der Waals surface area (Å²) in [6, 6.07) is 0. The van der Waals surface area contributed by atoms with E-state index in [-0.39, 0.29) is 30.8 Å². The maximum absolute atomic E-state index is 11.6. The van der Waals surface area contributed by atoms with Crippen LogP contribution in [-0.4, -0.2) is 89.6 Å². The maximum atomic E-state index is 11.6. The lowest BCUT2D eigenvalue weighted by molar-refractivity contribution is -0.138. The van der Waals surface area contributed by atoms with E-state index in [4.69, 9.17) is 28.8 Å². The lowest BCUT2D eigenvalue weighted by atomic mass is 9.93. The third kappa shape index (κ3) is 24.7. The molecule has 9 heteroatoms. The highest BCUT2D eigenvalue weighted by Crippen LogP contribution is 2.17. The van der Waals surface area contributed by atoms with E-state index >= 15 is 0 Å². The summed E-state index contributed by atoms with van der Waals surface area (Å²) < 4.78 is 26.6. The highest BCUT2D eigenvalue weighted by molar-refractivity contribution is 5.75. The van der Waals surface area contributed by atoms with Gasteiger partial charge in [-0.1, -0.05) is 20.8 Å². The van der Waals surface area contributed by atoms with Crippen molar-refractivity contribution in [2.24, 2.45) is 5.41 Å². The molecule has 0 saturated carbocycles. The maximum Gasteiger partial charge on any atom is 0.305 e. The third-order valence-electron chi connectivity index (χ3n) is 3.61. The van der Waals surface area contributed by atoms with E-state index in [1.165, 1.54) is 0 Å². The molecule has 0 aliphatic carbocycles. The second kappa shape index (κ2) is 18.7. The van der Waals surface area contributed by atoms with E-state index in [1.54, 1.807) is 0 Å². The Hall–Kier alpha value is -1.26. The zero-order valence-corrected chi connectivity index (χ0v) is 18.2. The summed E-state index contributed by atoms with van der Waals surface area (Å²) in [5, 5.41) is 11.2. The van der Waals surface area contributed by atoms with Crippen LogP contribution in [0.5, 0.6) is 0 Å². The van der Waals surface area contributed by atoms with Gasteiger partial charge in [0.15, 0.2) is 0 Å². The highest BCUT2D eigenvalue weighted by Gasteiger charge is 2.09. The standard InChI is InChI=1S/C20H39NO8/c1-20(2,3)6-10-27-14-15-28-11-7-21-18(22)4-8-25-12-16-29-17-13-26-9-5-19(23)24/h4-17H2,1-3H3,(H,21,22)(H,23,24). The van der Waals surface area contributed by atoms with Crippen LogP contribution in [0.4, 0.5) is 0 Å². The van der Waals surface area contributed by atoms with Gasteiger partial charge in [0, 0.05) is 19.6 Å². The predicted octanol–water partition coefficient (Wildman–Crippen LogP) is 1.49. The van der Waals surface area contributed by atoms with Gasteiger partial charge in [-0.3, -0.25) is 9.59 Å². The molecule has 0 aromatic heterocycles. The molecule has 0 spiro atoms. The third-order valence-corrected chi connectivity index (χ3v) is 3.61. The zero-order chi connectivity index (χ0) is 21.8. The SMILES string of the molecule is CC(C)(C)CCOCCOCCNC(=O)CCOCCOCCOCCC(=O)O. The van der Waals surface area contributed by atoms with Crippen LogP contribution < -0.4 is 5.32 Å². The number of carboxylic acids is 1. The van der Waals surface area contributed by atoms with Gasteiger partial charge in [-0.05, 0) is 11.8 Å². The number of aliphatic carboxylic acids is 1. The number of ether oxygens (including phenoxy) is 5. The molecule has 9 nitrogen and oxygen atoms in total. The topological polar surface area (TPSA) is 113 Å². The fraction of sp³-hybridized carbons (Fsp3) is 0.900. The minimum absolute atomic E-state index is 0.0105. The molecule has 0 heterocycles. The van der Waals surface area contributed by atoms with Crippen LogP contribution in [0.1, 0.15) is 40.0 Å². The predicted molar refractivity (Wildman–Crippen MR) is 108 cm³/mol. The van der Waals surface area contributed by atoms with Gasteiger partial charge in [-0.2, -0.15) is 0 Å². The summed E-state index contributed by atoms with van der Waals surface area (Å²) in [5.41, 5.74) is 0.279. The van der Waals surface area contributed by atoms with Crippen LogP contribution in [0, 0.1) is 5.41 Å². The lowest BCUT2D eigenvalue weighted by Gasteiger charge is -2.17. The molecule has 0 bridgehead atoms. The number of rotatable bonds is 20. The normalized spacial score (nSPS) is 11.6. The van der Waals surface area contributed by atoms with Crippen molar-refractivity contribution in [1.29, 1.82) is 0 Å². The number of hydrogen-bond donors (Lipinski definition) is 2. The molecule has 29 heavy (non-hydrogen) atoms. The highest BCUT2D eigenvalue weighted by atomic mass is 16.5. The van der Waals surface area contributed by atoms with E-state index < -0.39 is 5.97 Å². The number of nitrogens with one attached hydrogen (secondary N) is 1. The first kappa shape index (κ1) is 27.7. The lowest BCUT2D eigenvalue weighted by Crippen LogP contribution is -2.28. The number of hydrogen-bond acceptors (Lipinski definition) is 7. The summed E-state index contributed by atoms with van der Waals surface area (Å²) in [5.74, 6) is -0.963. The first-order valence-corrected chi connectivity index (χ1v) is 10.2. The molecule has 0 aromatic carbocycles.